The number of benzene rings is 1. The molecule has 4 heteroatoms. The van der Waals surface area contributed by atoms with Gasteiger partial charge in [-0.15, -0.1) is 0 Å². The molecule has 1 aromatic carbocycles. The second-order valence-corrected chi connectivity index (χ2v) is 4.23. The van der Waals surface area contributed by atoms with Crippen LogP contribution in [-0.2, 0) is 4.79 Å². The Hall–Kier alpha value is -2.36. The second kappa shape index (κ2) is 6.00. The summed E-state index contributed by atoms with van der Waals surface area (Å²) in [6.07, 6.45) is -0.579. The van der Waals surface area contributed by atoms with Gasteiger partial charge in [0.25, 0.3) is 5.91 Å². The SMILES string of the molecule is Cc1cccc(NC(=O)[C@@H](C)Oc2ccccc2)n1. The summed E-state index contributed by atoms with van der Waals surface area (Å²) in [6.45, 7) is 3.58. The van der Waals surface area contributed by atoms with Crippen LogP contribution in [0.25, 0.3) is 0 Å². The Balaban J connectivity index is 1.96. The van der Waals surface area contributed by atoms with Crippen molar-refractivity contribution in [3.8, 4) is 5.75 Å². The molecule has 1 aromatic heterocycles. The van der Waals surface area contributed by atoms with Crippen LogP contribution in [0.1, 0.15) is 12.6 Å². The number of rotatable bonds is 4. The van der Waals surface area contributed by atoms with Gasteiger partial charge in [0.1, 0.15) is 11.6 Å². The summed E-state index contributed by atoms with van der Waals surface area (Å²) in [5, 5.41) is 2.73. The van der Waals surface area contributed by atoms with E-state index < -0.39 is 6.10 Å². The normalized spacial score (nSPS) is 11.7. The Labute approximate surface area is 112 Å². The Morgan fingerprint density at radius 1 is 1.16 bits per heavy atom. The van der Waals surface area contributed by atoms with Crippen molar-refractivity contribution in [2.24, 2.45) is 0 Å². The number of amides is 1. The van der Waals surface area contributed by atoms with E-state index >= 15 is 0 Å². The first-order valence-electron chi connectivity index (χ1n) is 6.11. The van der Waals surface area contributed by atoms with Crippen LogP contribution in [0.15, 0.2) is 48.5 Å². The van der Waals surface area contributed by atoms with Crippen LogP contribution in [0.2, 0.25) is 0 Å². The fourth-order valence-corrected chi connectivity index (χ4v) is 1.60. The number of para-hydroxylation sites is 1. The molecule has 0 spiro atoms. The number of nitrogens with zero attached hydrogens (tertiary/aromatic N) is 1. The molecule has 0 fully saturated rings. The van der Waals surface area contributed by atoms with Gasteiger partial charge < -0.3 is 10.1 Å². The molecular formula is C15H16N2O2. The third kappa shape index (κ3) is 3.81. The topological polar surface area (TPSA) is 51.2 Å². The van der Waals surface area contributed by atoms with Crippen molar-refractivity contribution in [1.82, 2.24) is 4.98 Å². The molecule has 2 rings (SSSR count). The molecule has 4 nitrogen and oxygen atoms in total. The molecule has 0 aliphatic heterocycles. The number of ether oxygens (including phenoxy) is 1. The molecule has 0 bridgehead atoms. The third-order valence-corrected chi connectivity index (χ3v) is 2.56. The molecule has 1 N–H and O–H groups in total. The molecule has 0 saturated carbocycles. The molecule has 1 heterocycles. The lowest BCUT2D eigenvalue weighted by Gasteiger charge is -2.14. The van der Waals surface area contributed by atoms with Gasteiger partial charge in [0.15, 0.2) is 6.10 Å². The average molecular weight is 256 g/mol. The molecule has 0 aliphatic carbocycles. The van der Waals surface area contributed by atoms with Crippen LogP contribution in [0.3, 0.4) is 0 Å². The lowest BCUT2D eigenvalue weighted by molar-refractivity contribution is -0.122. The van der Waals surface area contributed by atoms with Crippen LogP contribution >= 0.6 is 0 Å². The van der Waals surface area contributed by atoms with Gasteiger partial charge >= 0.3 is 0 Å². The number of hydrogen-bond donors (Lipinski definition) is 1. The highest BCUT2D eigenvalue weighted by Crippen LogP contribution is 2.12. The predicted molar refractivity (Wildman–Crippen MR) is 74.1 cm³/mol. The summed E-state index contributed by atoms with van der Waals surface area (Å²) in [7, 11) is 0. The second-order valence-electron chi connectivity index (χ2n) is 4.23. The maximum Gasteiger partial charge on any atom is 0.266 e. The van der Waals surface area contributed by atoms with E-state index in [-0.39, 0.29) is 5.91 Å². The number of anilines is 1. The summed E-state index contributed by atoms with van der Waals surface area (Å²) >= 11 is 0. The minimum Gasteiger partial charge on any atom is -0.481 e. The monoisotopic (exact) mass is 256 g/mol. The van der Waals surface area contributed by atoms with Crippen LogP contribution in [0.5, 0.6) is 5.75 Å². The van der Waals surface area contributed by atoms with Gasteiger partial charge in [-0.2, -0.15) is 0 Å². The van der Waals surface area contributed by atoms with Gasteiger partial charge in [-0.05, 0) is 38.1 Å². The van der Waals surface area contributed by atoms with Crippen molar-refractivity contribution in [3.63, 3.8) is 0 Å². The van der Waals surface area contributed by atoms with Gasteiger partial charge in [0.2, 0.25) is 0 Å². The summed E-state index contributed by atoms with van der Waals surface area (Å²) in [4.78, 5) is 16.2. The van der Waals surface area contributed by atoms with Gasteiger partial charge in [-0.1, -0.05) is 24.3 Å². The third-order valence-electron chi connectivity index (χ3n) is 2.56. The average Bonchev–Trinajstić information content (AvgIpc) is 2.40. The van der Waals surface area contributed by atoms with Gasteiger partial charge in [0, 0.05) is 5.69 Å². The maximum atomic E-state index is 12.0. The fraction of sp³-hybridized carbons (Fsp3) is 0.200. The Morgan fingerprint density at radius 2 is 1.89 bits per heavy atom. The molecule has 19 heavy (non-hydrogen) atoms. The molecular weight excluding hydrogens is 240 g/mol. The highest BCUT2D eigenvalue weighted by Gasteiger charge is 2.15. The van der Waals surface area contributed by atoms with Crippen LogP contribution in [0.4, 0.5) is 5.82 Å². The molecule has 1 amide bonds. The Bertz CT molecular complexity index is 555. The van der Waals surface area contributed by atoms with E-state index in [1.165, 1.54) is 0 Å². The van der Waals surface area contributed by atoms with Crippen molar-refractivity contribution >= 4 is 11.7 Å². The van der Waals surface area contributed by atoms with E-state index in [0.717, 1.165) is 5.69 Å². The number of pyridine rings is 1. The van der Waals surface area contributed by atoms with E-state index in [9.17, 15) is 4.79 Å². The number of hydrogen-bond acceptors (Lipinski definition) is 3. The fourth-order valence-electron chi connectivity index (χ4n) is 1.60. The Kier molecular flexibility index (Phi) is 4.13. The number of carbonyl (C=O) groups excluding carboxylic acids is 1. The standard InChI is InChI=1S/C15H16N2O2/c1-11-7-6-10-14(16-11)17-15(18)12(2)19-13-8-4-3-5-9-13/h3-10,12H,1-2H3,(H,16,17,18)/t12-/m1/s1. The predicted octanol–water partition coefficient (Wildman–Crippen LogP) is 2.80. The first-order chi connectivity index (χ1) is 9.15. The number of aryl methyl sites for hydroxylation is 1. The minimum absolute atomic E-state index is 0.220. The summed E-state index contributed by atoms with van der Waals surface area (Å²) in [5.41, 5.74) is 0.856. The first kappa shape index (κ1) is 13.1. The minimum atomic E-state index is -0.579. The van der Waals surface area contributed by atoms with E-state index in [1.54, 1.807) is 13.0 Å². The summed E-state index contributed by atoms with van der Waals surface area (Å²) < 4.78 is 5.54. The van der Waals surface area contributed by atoms with Crippen LogP contribution in [0, 0.1) is 6.92 Å². The van der Waals surface area contributed by atoms with E-state index in [1.807, 2.05) is 49.4 Å². The smallest absolute Gasteiger partial charge is 0.266 e. The summed E-state index contributed by atoms with van der Waals surface area (Å²) in [5.74, 6) is 0.984. The molecule has 0 aliphatic rings. The lowest BCUT2D eigenvalue weighted by Crippen LogP contribution is -2.30. The molecule has 1 atom stereocenters. The van der Waals surface area contributed by atoms with Gasteiger partial charge in [0.05, 0.1) is 0 Å². The quantitative estimate of drug-likeness (QED) is 0.915. The van der Waals surface area contributed by atoms with Gasteiger partial charge in [-0.3, -0.25) is 4.79 Å². The number of aromatic nitrogens is 1. The number of carbonyl (C=O) groups is 1. The zero-order valence-corrected chi connectivity index (χ0v) is 11.0. The maximum absolute atomic E-state index is 12.0. The highest BCUT2D eigenvalue weighted by molar-refractivity contribution is 5.93. The molecule has 2 aromatic rings. The zero-order chi connectivity index (χ0) is 13.7. The van der Waals surface area contributed by atoms with Crippen molar-refractivity contribution in [3.05, 3.63) is 54.2 Å². The van der Waals surface area contributed by atoms with Crippen molar-refractivity contribution < 1.29 is 9.53 Å². The molecule has 0 unspecified atom stereocenters. The molecule has 0 radical (unpaired) electrons. The zero-order valence-electron chi connectivity index (χ0n) is 11.0. The molecule has 98 valence electrons. The van der Waals surface area contributed by atoms with Crippen LogP contribution < -0.4 is 10.1 Å². The largest absolute Gasteiger partial charge is 0.481 e. The van der Waals surface area contributed by atoms with Crippen LogP contribution in [-0.4, -0.2) is 17.0 Å². The summed E-state index contributed by atoms with van der Waals surface area (Å²) in [6, 6.07) is 14.7. The highest BCUT2D eigenvalue weighted by atomic mass is 16.5. The van der Waals surface area contributed by atoms with Crippen molar-refractivity contribution in [2.45, 2.75) is 20.0 Å². The molecule has 0 saturated heterocycles. The first-order valence-corrected chi connectivity index (χ1v) is 6.11. The van der Waals surface area contributed by atoms with E-state index in [2.05, 4.69) is 10.3 Å². The van der Waals surface area contributed by atoms with Gasteiger partial charge in [-0.25, -0.2) is 4.98 Å². The van der Waals surface area contributed by atoms with Crippen molar-refractivity contribution in [2.75, 3.05) is 5.32 Å². The number of nitrogens with one attached hydrogen (secondary N) is 1. The lowest BCUT2D eigenvalue weighted by atomic mass is 10.3. The van der Waals surface area contributed by atoms with E-state index in [4.69, 9.17) is 4.74 Å². The van der Waals surface area contributed by atoms with Crippen molar-refractivity contribution in [1.29, 1.82) is 0 Å². The Morgan fingerprint density at radius 3 is 2.58 bits per heavy atom. The van der Waals surface area contributed by atoms with E-state index in [0.29, 0.717) is 11.6 Å².